The third kappa shape index (κ3) is 3.66. The Hall–Kier alpha value is -2.58. The summed E-state index contributed by atoms with van der Waals surface area (Å²) >= 11 is 0. The van der Waals surface area contributed by atoms with Crippen molar-refractivity contribution in [2.24, 2.45) is 0 Å². The first-order valence-electron chi connectivity index (χ1n) is 7.38. The van der Waals surface area contributed by atoms with Gasteiger partial charge in [-0.05, 0) is 37.5 Å². The molecule has 2 amide bonds. The molecule has 1 heterocycles. The Balaban J connectivity index is 1.60. The van der Waals surface area contributed by atoms with Crippen molar-refractivity contribution >= 4 is 11.7 Å². The van der Waals surface area contributed by atoms with Crippen molar-refractivity contribution < 1.29 is 22.4 Å². The van der Waals surface area contributed by atoms with E-state index in [0.717, 1.165) is 18.9 Å². The smallest absolute Gasteiger partial charge is 0.416 e. The molecule has 3 rings (SSSR count). The Morgan fingerprint density at radius 3 is 2.75 bits per heavy atom. The van der Waals surface area contributed by atoms with Crippen LogP contribution in [0, 0.1) is 6.92 Å². The molecule has 0 spiro atoms. The first-order chi connectivity index (χ1) is 11.3. The molecular weight excluding hydrogens is 325 g/mol. The van der Waals surface area contributed by atoms with Crippen LogP contribution in [0.1, 0.15) is 41.7 Å². The van der Waals surface area contributed by atoms with Gasteiger partial charge < -0.3 is 15.1 Å². The minimum absolute atomic E-state index is 0.00353. The summed E-state index contributed by atoms with van der Waals surface area (Å²) in [7, 11) is 0. The fourth-order valence-corrected chi connectivity index (χ4v) is 2.23. The number of nitrogens with one attached hydrogen (secondary N) is 2. The number of amides is 2. The van der Waals surface area contributed by atoms with Crippen LogP contribution in [-0.4, -0.2) is 16.2 Å². The molecule has 1 aliphatic rings. The van der Waals surface area contributed by atoms with Crippen LogP contribution in [0.25, 0.3) is 0 Å². The molecular formula is C15H15F3N4O2. The van der Waals surface area contributed by atoms with E-state index in [2.05, 4.69) is 20.8 Å². The molecule has 2 N–H and O–H groups in total. The van der Waals surface area contributed by atoms with Gasteiger partial charge in [-0.15, -0.1) is 10.2 Å². The fourth-order valence-electron chi connectivity index (χ4n) is 2.23. The van der Waals surface area contributed by atoms with Gasteiger partial charge in [-0.25, -0.2) is 4.79 Å². The highest BCUT2D eigenvalue weighted by Crippen LogP contribution is 2.39. The average molecular weight is 340 g/mol. The van der Waals surface area contributed by atoms with Gasteiger partial charge in [-0.2, -0.15) is 13.2 Å². The van der Waals surface area contributed by atoms with Crippen LogP contribution >= 0.6 is 0 Å². The molecule has 24 heavy (non-hydrogen) atoms. The monoisotopic (exact) mass is 340 g/mol. The summed E-state index contributed by atoms with van der Waals surface area (Å²) < 4.78 is 43.9. The quantitative estimate of drug-likeness (QED) is 0.891. The minimum atomic E-state index is -4.47. The van der Waals surface area contributed by atoms with Crippen LogP contribution in [0.4, 0.5) is 23.7 Å². The summed E-state index contributed by atoms with van der Waals surface area (Å²) in [5.74, 6) is 1.13. The van der Waals surface area contributed by atoms with Crippen LogP contribution in [0.3, 0.4) is 0 Å². The van der Waals surface area contributed by atoms with E-state index >= 15 is 0 Å². The molecule has 9 heteroatoms. The van der Waals surface area contributed by atoms with Crippen LogP contribution in [0.15, 0.2) is 22.6 Å². The second-order valence-electron chi connectivity index (χ2n) is 5.59. The molecule has 0 aliphatic heterocycles. The highest BCUT2D eigenvalue weighted by Gasteiger charge is 2.33. The van der Waals surface area contributed by atoms with Crippen molar-refractivity contribution in [2.45, 2.75) is 38.4 Å². The van der Waals surface area contributed by atoms with Crippen LogP contribution in [0.2, 0.25) is 0 Å². The molecule has 0 saturated heterocycles. The predicted octanol–water partition coefficient (Wildman–Crippen LogP) is 3.60. The van der Waals surface area contributed by atoms with Gasteiger partial charge in [-0.1, -0.05) is 6.07 Å². The van der Waals surface area contributed by atoms with E-state index in [-0.39, 0.29) is 23.7 Å². The normalized spacial score (nSPS) is 14.5. The van der Waals surface area contributed by atoms with Gasteiger partial charge in [0.1, 0.15) is 0 Å². The molecule has 1 aromatic carbocycles. The standard InChI is InChI=1S/C15H15F3N4O2/c1-8-10(15(16,17)18)3-2-4-11(8)20-14(23)19-7-12-21-22-13(24-12)9-5-6-9/h2-4,9H,5-7H2,1H3,(H2,19,20,23). The summed E-state index contributed by atoms with van der Waals surface area (Å²) in [6.45, 7) is 1.31. The maximum atomic E-state index is 12.9. The zero-order valence-electron chi connectivity index (χ0n) is 12.8. The molecule has 1 aromatic heterocycles. The lowest BCUT2D eigenvalue weighted by molar-refractivity contribution is -0.138. The zero-order chi connectivity index (χ0) is 17.3. The number of rotatable bonds is 4. The Morgan fingerprint density at radius 2 is 2.08 bits per heavy atom. The minimum Gasteiger partial charge on any atom is -0.423 e. The number of carbonyl (C=O) groups excluding carboxylic acids is 1. The lowest BCUT2D eigenvalue weighted by Crippen LogP contribution is -2.28. The Kier molecular flexibility index (Phi) is 4.16. The fraction of sp³-hybridized carbons (Fsp3) is 0.400. The number of aromatic nitrogens is 2. The number of halogens is 3. The van der Waals surface area contributed by atoms with Gasteiger partial charge in [0.05, 0.1) is 12.1 Å². The maximum Gasteiger partial charge on any atom is 0.416 e. The molecule has 0 atom stereocenters. The highest BCUT2D eigenvalue weighted by atomic mass is 19.4. The van der Waals surface area contributed by atoms with E-state index in [0.29, 0.717) is 11.8 Å². The molecule has 0 radical (unpaired) electrons. The van der Waals surface area contributed by atoms with Crippen molar-refractivity contribution in [3.05, 3.63) is 41.1 Å². The van der Waals surface area contributed by atoms with E-state index in [1.807, 2.05) is 0 Å². The molecule has 1 aliphatic carbocycles. The number of carbonyl (C=O) groups is 1. The lowest BCUT2D eigenvalue weighted by atomic mass is 10.1. The summed E-state index contributed by atoms with van der Waals surface area (Å²) in [6, 6.07) is 2.97. The molecule has 0 unspecified atom stereocenters. The van der Waals surface area contributed by atoms with Crippen LogP contribution in [-0.2, 0) is 12.7 Å². The second kappa shape index (κ2) is 6.14. The summed E-state index contributed by atoms with van der Waals surface area (Å²) in [5, 5.41) is 12.6. The molecule has 1 fully saturated rings. The highest BCUT2D eigenvalue weighted by molar-refractivity contribution is 5.90. The predicted molar refractivity (Wildman–Crippen MR) is 78.3 cm³/mol. The van der Waals surface area contributed by atoms with Crippen LogP contribution < -0.4 is 10.6 Å². The molecule has 128 valence electrons. The average Bonchev–Trinajstić information content (AvgIpc) is 3.25. The third-order valence-electron chi connectivity index (χ3n) is 3.70. The van der Waals surface area contributed by atoms with Gasteiger partial charge in [0, 0.05) is 11.6 Å². The number of anilines is 1. The Bertz CT molecular complexity index is 753. The van der Waals surface area contributed by atoms with E-state index in [1.165, 1.54) is 19.1 Å². The first-order valence-corrected chi connectivity index (χ1v) is 7.38. The number of alkyl halides is 3. The topological polar surface area (TPSA) is 80.0 Å². The van der Waals surface area contributed by atoms with E-state index in [1.54, 1.807) is 0 Å². The van der Waals surface area contributed by atoms with Gasteiger partial charge in [-0.3, -0.25) is 0 Å². The summed E-state index contributed by atoms with van der Waals surface area (Å²) in [5.41, 5.74) is -0.744. The molecule has 0 bridgehead atoms. The Labute approximate surface area is 135 Å². The number of benzene rings is 1. The maximum absolute atomic E-state index is 12.9. The molecule has 6 nitrogen and oxygen atoms in total. The van der Waals surface area contributed by atoms with Gasteiger partial charge in [0.2, 0.25) is 11.8 Å². The van der Waals surface area contributed by atoms with Gasteiger partial charge in [0.25, 0.3) is 0 Å². The van der Waals surface area contributed by atoms with Gasteiger partial charge >= 0.3 is 12.2 Å². The number of hydrogen-bond acceptors (Lipinski definition) is 4. The van der Waals surface area contributed by atoms with Gasteiger partial charge in [0.15, 0.2) is 0 Å². The summed E-state index contributed by atoms with van der Waals surface area (Å²) in [4.78, 5) is 11.9. The van der Waals surface area contributed by atoms with E-state index < -0.39 is 17.8 Å². The largest absolute Gasteiger partial charge is 0.423 e. The zero-order valence-corrected chi connectivity index (χ0v) is 12.8. The number of nitrogens with zero attached hydrogens (tertiary/aromatic N) is 2. The molecule has 1 saturated carbocycles. The second-order valence-corrected chi connectivity index (χ2v) is 5.59. The number of urea groups is 1. The SMILES string of the molecule is Cc1c(NC(=O)NCc2nnc(C3CC3)o2)cccc1C(F)(F)F. The third-order valence-corrected chi connectivity index (χ3v) is 3.70. The lowest BCUT2D eigenvalue weighted by Gasteiger charge is -2.14. The van der Waals surface area contributed by atoms with Crippen LogP contribution in [0.5, 0.6) is 0 Å². The molecule has 2 aromatic rings. The van der Waals surface area contributed by atoms with Crippen molar-refractivity contribution in [1.82, 2.24) is 15.5 Å². The first kappa shape index (κ1) is 16.3. The van der Waals surface area contributed by atoms with E-state index in [9.17, 15) is 18.0 Å². The van der Waals surface area contributed by atoms with Crippen molar-refractivity contribution in [2.75, 3.05) is 5.32 Å². The van der Waals surface area contributed by atoms with Crippen molar-refractivity contribution in [3.8, 4) is 0 Å². The Morgan fingerprint density at radius 1 is 1.33 bits per heavy atom. The number of hydrogen-bond donors (Lipinski definition) is 2. The summed E-state index contributed by atoms with van der Waals surface area (Å²) in [6.07, 6.45) is -2.43. The van der Waals surface area contributed by atoms with Crippen molar-refractivity contribution in [1.29, 1.82) is 0 Å². The van der Waals surface area contributed by atoms with Crippen molar-refractivity contribution in [3.63, 3.8) is 0 Å². The van der Waals surface area contributed by atoms with E-state index in [4.69, 9.17) is 4.42 Å².